The Bertz CT molecular complexity index is 615. The van der Waals surface area contributed by atoms with Crippen molar-refractivity contribution in [3.63, 3.8) is 0 Å². The summed E-state index contributed by atoms with van der Waals surface area (Å²) in [5.41, 5.74) is 1.58. The minimum Gasteiger partial charge on any atom is -0.355 e. The van der Waals surface area contributed by atoms with Gasteiger partial charge in [-0.05, 0) is 18.9 Å². The van der Waals surface area contributed by atoms with Gasteiger partial charge >= 0.3 is 0 Å². The van der Waals surface area contributed by atoms with Crippen LogP contribution < -0.4 is 10.2 Å². The molecule has 2 aromatic rings. The standard InChI is InChI=1S/C17H22N4O/c1-4-13(2)20-17(22)15-10-16(19-12-18-15)21(3)11-14-8-6-5-7-9-14/h5-10,12-13H,4,11H2,1-3H3,(H,20,22). The van der Waals surface area contributed by atoms with E-state index in [9.17, 15) is 4.79 Å². The van der Waals surface area contributed by atoms with Crippen LogP contribution in [0.15, 0.2) is 42.7 Å². The molecule has 1 atom stereocenters. The summed E-state index contributed by atoms with van der Waals surface area (Å²) in [6.45, 7) is 4.73. The van der Waals surface area contributed by atoms with Gasteiger partial charge in [0.05, 0.1) is 0 Å². The van der Waals surface area contributed by atoms with E-state index in [1.54, 1.807) is 6.07 Å². The van der Waals surface area contributed by atoms with Crippen molar-refractivity contribution in [2.75, 3.05) is 11.9 Å². The average molecular weight is 298 g/mol. The molecule has 116 valence electrons. The van der Waals surface area contributed by atoms with Gasteiger partial charge in [0.1, 0.15) is 17.8 Å². The summed E-state index contributed by atoms with van der Waals surface area (Å²) >= 11 is 0. The van der Waals surface area contributed by atoms with Gasteiger partial charge in [0.25, 0.3) is 5.91 Å². The molecule has 0 bridgehead atoms. The normalized spacial score (nSPS) is 11.8. The highest BCUT2D eigenvalue weighted by molar-refractivity contribution is 5.93. The van der Waals surface area contributed by atoms with Crippen molar-refractivity contribution < 1.29 is 4.79 Å². The first-order valence-corrected chi connectivity index (χ1v) is 7.48. The van der Waals surface area contributed by atoms with Crippen LogP contribution in [-0.2, 0) is 6.54 Å². The van der Waals surface area contributed by atoms with E-state index in [1.807, 2.05) is 44.0 Å². The highest BCUT2D eigenvalue weighted by atomic mass is 16.1. The molecule has 1 heterocycles. The van der Waals surface area contributed by atoms with Crippen LogP contribution >= 0.6 is 0 Å². The molecule has 1 amide bonds. The molecule has 2 rings (SSSR count). The Morgan fingerprint density at radius 2 is 2.00 bits per heavy atom. The van der Waals surface area contributed by atoms with Crippen LogP contribution in [0.25, 0.3) is 0 Å². The Labute approximate surface area is 131 Å². The molecule has 1 unspecified atom stereocenters. The summed E-state index contributed by atoms with van der Waals surface area (Å²) in [5.74, 6) is 0.569. The minimum atomic E-state index is -0.161. The lowest BCUT2D eigenvalue weighted by Gasteiger charge is -2.18. The number of rotatable bonds is 6. The smallest absolute Gasteiger partial charge is 0.270 e. The first-order valence-electron chi connectivity index (χ1n) is 7.48. The summed E-state index contributed by atoms with van der Waals surface area (Å²) in [6, 6.07) is 12.0. The minimum absolute atomic E-state index is 0.132. The van der Waals surface area contributed by atoms with Crippen LogP contribution in [0.5, 0.6) is 0 Å². The number of benzene rings is 1. The van der Waals surface area contributed by atoms with Gasteiger partial charge in [-0.15, -0.1) is 0 Å². The Hall–Kier alpha value is -2.43. The van der Waals surface area contributed by atoms with Crippen LogP contribution in [0.2, 0.25) is 0 Å². The van der Waals surface area contributed by atoms with Gasteiger partial charge in [-0.3, -0.25) is 4.79 Å². The SMILES string of the molecule is CCC(C)NC(=O)c1cc(N(C)Cc2ccccc2)ncn1. The van der Waals surface area contributed by atoms with Crippen LogP contribution in [0, 0.1) is 0 Å². The third-order valence-electron chi connectivity index (χ3n) is 3.53. The molecule has 0 fully saturated rings. The van der Waals surface area contributed by atoms with E-state index >= 15 is 0 Å². The van der Waals surface area contributed by atoms with Gasteiger partial charge in [-0.25, -0.2) is 9.97 Å². The Kier molecular flexibility index (Phi) is 5.47. The van der Waals surface area contributed by atoms with E-state index in [1.165, 1.54) is 11.9 Å². The maximum Gasteiger partial charge on any atom is 0.270 e. The lowest BCUT2D eigenvalue weighted by molar-refractivity contribution is 0.0934. The van der Waals surface area contributed by atoms with Crippen molar-refractivity contribution in [1.82, 2.24) is 15.3 Å². The quantitative estimate of drug-likeness (QED) is 0.890. The molecular weight excluding hydrogens is 276 g/mol. The number of nitrogens with one attached hydrogen (secondary N) is 1. The number of hydrogen-bond acceptors (Lipinski definition) is 4. The predicted molar refractivity (Wildman–Crippen MR) is 87.8 cm³/mol. The van der Waals surface area contributed by atoms with Crippen molar-refractivity contribution in [1.29, 1.82) is 0 Å². The van der Waals surface area contributed by atoms with Crippen LogP contribution in [0.4, 0.5) is 5.82 Å². The number of amides is 1. The third kappa shape index (κ3) is 4.28. The topological polar surface area (TPSA) is 58.1 Å². The van der Waals surface area contributed by atoms with E-state index in [2.05, 4.69) is 27.4 Å². The zero-order valence-corrected chi connectivity index (χ0v) is 13.3. The van der Waals surface area contributed by atoms with Gasteiger partial charge in [-0.1, -0.05) is 37.3 Å². The first kappa shape index (κ1) is 15.9. The fourth-order valence-electron chi connectivity index (χ4n) is 2.02. The molecule has 0 aliphatic carbocycles. The molecule has 0 saturated carbocycles. The molecule has 1 aromatic heterocycles. The predicted octanol–water partition coefficient (Wildman–Crippen LogP) is 2.64. The molecule has 0 radical (unpaired) electrons. The van der Waals surface area contributed by atoms with Crippen LogP contribution in [0.1, 0.15) is 36.3 Å². The Morgan fingerprint density at radius 3 is 2.68 bits per heavy atom. The number of carbonyl (C=O) groups excluding carboxylic acids is 1. The van der Waals surface area contributed by atoms with Gasteiger partial charge in [0.2, 0.25) is 0 Å². The first-order chi connectivity index (χ1) is 10.6. The van der Waals surface area contributed by atoms with Crippen LogP contribution in [-0.4, -0.2) is 29.0 Å². The van der Waals surface area contributed by atoms with Crippen molar-refractivity contribution >= 4 is 11.7 Å². The molecule has 5 heteroatoms. The molecule has 1 aromatic carbocycles. The molecule has 0 saturated heterocycles. The van der Waals surface area contributed by atoms with Crippen molar-refractivity contribution in [3.05, 3.63) is 54.0 Å². The number of hydrogen-bond donors (Lipinski definition) is 1. The lowest BCUT2D eigenvalue weighted by Crippen LogP contribution is -2.32. The lowest BCUT2D eigenvalue weighted by atomic mass is 10.2. The summed E-state index contributed by atoms with van der Waals surface area (Å²) < 4.78 is 0. The molecular formula is C17H22N4O. The van der Waals surface area contributed by atoms with E-state index < -0.39 is 0 Å². The second-order valence-electron chi connectivity index (χ2n) is 5.39. The fraction of sp³-hybridized carbons (Fsp3) is 0.353. The molecule has 22 heavy (non-hydrogen) atoms. The maximum atomic E-state index is 12.1. The Morgan fingerprint density at radius 1 is 1.27 bits per heavy atom. The zero-order chi connectivity index (χ0) is 15.9. The van der Waals surface area contributed by atoms with Gasteiger partial charge in [0, 0.05) is 25.7 Å². The fourth-order valence-corrected chi connectivity index (χ4v) is 2.02. The highest BCUT2D eigenvalue weighted by Gasteiger charge is 2.12. The summed E-state index contributed by atoms with van der Waals surface area (Å²) in [6.07, 6.45) is 2.32. The van der Waals surface area contributed by atoms with E-state index in [-0.39, 0.29) is 11.9 Å². The van der Waals surface area contributed by atoms with Crippen molar-refractivity contribution in [2.45, 2.75) is 32.9 Å². The molecule has 0 spiro atoms. The third-order valence-corrected chi connectivity index (χ3v) is 3.53. The summed E-state index contributed by atoms with van der Waals surface area (Å²) in [5, 5.41) is 2.91. The highest BCUT2D eigenvalue weighted by Crippen LogP contribution is 2.13. The second-order valence-corrected chi connectivity index (χ2v) is 5.39. The van der Waals surface area contributed by atoms with E-state index in [0.29, 0.717) is 5.69 Å². The van der Waals surface area contributed by atoms with E-state index in [4.69, 9.17) is 0 Å². The average Bonchev–Trinajstić information content (AvgIpc) is 2.55. The summed E-state index contributed by atoms with van der Waals surface area (Å²) in [4.78, 5) is 22.4. The number of nitrogens with zero attached hydrogens (tertiary/aromatic N) is 3. The summed E-state index contributed by atoms with van der Waals surface area (Å²) in [7, 11) is 1.95. The monoisotopic (exact) mass is 298 g/mol. The molecule has 1 N–H and O–H groups in total. The van der Waals surface area contributed by atoms with Crippen molar-refractivity contribution in [2.24, 2.45) is 0 Å². The van der Waals surface area contributed by atoms with Gasteiger partial charge < -0.3 is 10.2 Å². The number of anilines is 1. The van der Waals surface area contributed by atoms with Gasteiger partial charge in [0.15, 0.2) is 0 Å². The largest absolute Gasteiger partial charge is 0.355 e. The van der Waals surface area contributed by atoms with Crippen LogP contribution in [0.3, 0.4) is 0 Å². The molecule has 5 nitrogen and oxygen atoms in total. The molecule has 0 aliphatic heterocycles. The number of carbonyl (C=O) groups is 1. The van der Waals surface area contributed by atoms with Crippen molar-refractivity contribution in [3.8, 4) is 0 Å². The maximum absolute atomic E-state index is 12.1. The van der Waals surface area contributed by atoms with Gasteiger partial charge in [-0.2, -0.15) is 0 Å². The second kappa shape index (κ2) is 7.54. The van der Waals surface area contributed by atoms with E-state index in [0.717, 1.165) is 18.8 Å². The zero-order valence-electron chi connectivity index (χ0n) is 13.3. The Balaban J connectivity index is 2.09. The number of aromatic nitrogens is 2. The molecule has 0 aliphatic rings.